The molecular weight excluding hydrogens is 242 g/mol. The average Bonchev–Trinajstić information content (AvgIpc) is 2.45. The minimum atomic E-state index is 0.0287. The molecule has 0 spiro atoms. The van der Waals surface area contributed by atoms with Gasteiger partial charge in [-0.1, -0.05) is 30.3 Å². The Kier molecular flexibility index (Phi) is 4.39. The second kappa shape index (κ2) is 6.22. The maximum atomic E-state index is 11.8. The zero-order valence-corrected chi connectivity index (χ0v) is 11.1. The summed E-state index contributed by atoms with van der Waals surface area (Å²) < 4.78 is 0. The van der Waals surface area contributed by atoms with Crippen molar-refractivity contribution >= 4 is 17.3 Å². The molecule has 1 aromatic rings. The van der Waals surface area contributed by atoms with Crippen LogP contribution in [0.1, 0.15) is 25.3 Å². The molecule has 1 aromatic carbocycles. The molecule has 0 aliphatic carbocycles. The van der Waals surface area contributed by atoms with Crippen molar-refractivity contribution in [3.8, 4) is 0 Å². The fourth-order valence-electron chi connectivity index (χ4n) is 2.25. The molecule has 0 radical (unpaired) electrons. The Labute approximate surface area is 112 Å². The number of hydrogen-bond acceptors (Lipinski definition) is 4. The third-order valence-electron chi connectivity index (χ3n) is 3.20. The van der Waals surface area contributed by atoms with E-state index in [1.54, 1.807) is 0 Å². The highest BCUT2D eigenvalue weighted by Crippen LogP contribution is 2.26. The average molecular weight is 261 g/mol. The Morgan fingerprint density at radius 1 is 1.47 bits per heavy atom. The fraction of sp³-hybridized carbons (Fsp3) is 0.429. The van der Waals surface area contributed by atoms with Gasteiger partial charge in [0.1, 0.15) is 0 Å². The first kappa shape index (κ1) is 13.4. The largest absolute Gasteiger partial charge is 0.411 e. The van der Waals surface area contributed by atoms with E-state index in [-0.39, 0.29) is 5.91 Å². The van der Waals surface area contributed by atoms with E-state index in [0.29, 0.717) is 31.8 Å². The predicted octanol–water partition coefficient (Wildman–Crippen LogP) is 1.60. The number of rotatable bonds is 4. The Bertz CT molecular complexity index is 485. The molecule has 0 atom stereocenters. The molecule has 0 saturated carbocycles. The number of nitrogens with one attached hydrogen (secondary N) is 1. The van der Waals surface area contributed by atoms with Crippen LogP contribution in [0.5, 0.6) is 0 Å². The summed E-state index contributed by atoms with van der Waals surface area (Å²) in [6.45, 7) is 3.77. The number of para-hydroxylation sites is 1. The summed E-state index contributed by atoms with van der Waals surface area (Å²) in [7, 11) is 0. The molecule has 5 nitrogen and oxygen atoms in total. The van der Waals surface area contributed by atoms with Crippen molar-refractivity contribution in [2.24, 2.45) is 5.16 Å². The molecule has 1 heterocycles. The normalized spacial score (nSPS) is 16.3. The van der Waals surface area contributed by atoms with E-state index >= 15 is 0 Å². The highest BCUT2D eigenvalue weighted by Gasteiger charge is 2.22. The minimum absolute atomic E-state index is 0.0287. The third-order valence-corrected chi connectivity index (χ3v) is 3.20. The Hall–Kier alpha value is -2.04. The van der Waals surface area contributed by atoms with Gasteiger partial charge in [-0.3, -0.25) is 4.79 Å². The van der Waals surface area contributed by atoms with Gasteiger partial charge in [-0.05, 0) is 12.5 Å². The van der Waals surface area contributed by atoms with Gasteiger partial charge >= 0.3 is 0 Å². The van der Waals surface area contributed by atoms with Crippen LogP contribution >= 0.6 is 0 Å². The molecule has 0 bridgehead atoms. The van der Waals surface area contributed by atoms with Crippen LogP contribution in [-0.4, -0.2) is 36.5 Å². The molecule has 0 fully saturated rings. The van der Waals surface area contributed by atoms with Crippen molar-refractivity contribution in [2.45, 2.75) is 19.8 Å². The van der Waals surface area contributed by atoms with Crippen LogP contribution in [0, 0.1) is 0 Å². The van der Waals surface area contributed by atoms with Crippen LogP contribution in [0.4, 0.5) is 5.69 Å². The number of carbonyl (C=O) groups is 1. The van der Waals surface area contributed by atoms with Crippen molar-refractivity contribution in [1.29, 1.82) is 0 Å². The second-order valence-electron chi connectivity index (χ2n) is 4.59. The quantitative estimate of drug-likeness (QED) is 0.639. The molecule has 19 heavy (non-hydrogen) atoms. The van der Waals surface area contributed by atoms with Crippen LogP contribution in [0.3, 0.4) is 0 Å². The van der Waals surface area contributed by atoms with Crippen LogP contribution in [0.2, 0.25) is 0 Å². The molecular formula is C14H19N3O2. The van der Waals surface area contributed by atoms with Gasteiger partial charge in [0.2, 0.25) is 5.91 Å². The van der Waals surface area contributed by atoms with Gasteiger partial charge in [0.05, 0.1) is 12.3 Å². The summed E-state index contributed by atoms with van der Waals surface area (Å²) in [5.41, 5.74) is 2.54. The molecule has 0 unspecified atom stereocenters. The summed E-state index contributed by atoms with van der Waals surface area (Å²) in [5.74, 6) is 0.0287. The van der Waals surface area contributed by atoms with Gasteiger partial charge < -0.3 is 15.4 Å². The monoisotopic (exact) mass is 261 g/mol. The zero-order valence-electron chi connectivity index (χ0n) is 11.1. The minimum Gasteiger partial charge on any atom is -0.411 e. The van der Waals surface area contributed by atoms with E-state index in [2.05, 4.69) is 10.5 Å². The molecule has 2 rings (SSSR count). The topological polar surface area (TPSA) is 64.9 Å². The number of anilines is 1. The molecule has 1 amide bonds. The fourth-order valence-corrected chi connectivity index (χ4v) is 2.25. The smallest absolute Gasteiger partial charge is 0.239 e. The lowest BCUT2D eigenvalue weighted by Crippen LogP contribution is -2.41. The summed E-state index contributed by atoms with van der Waals surface area (Å²) >= 11 is 0. The number of benzene rings is 1. The first-order valence-electron chi connectivity index (χ1n) is 6.58. The van der Waals surface area contributed by atoms with Crippen LogP contribution < -0.4 is 10.2 Å². The SMILES string of the molecule is CCCNC(=O)CN1CCC(=NO)c2ccccc21. The van der Waals surface area contributed by atoms with Crippen molar-refractivity contribution in [1.82, 2.24) is 5.32 Å². The summed E-state index contributed by atoms with van der Waals surface area (Å²) in [6.07, 6.45) is 1.58. The lowest BCUT2D eigenvalue weighted by atomic mass is 9.99. The van der Waals surface area contributed by atoms with E-state index in [4.69, 9.17) is 5.21 Å². The molecule has 2 N–H and O–H groups in total. The molecule has 0 aromatic heterocycles. The van der Waals surface area contributed by atoms with Gasteiger partial charge in [0, 0.05) is 30.8 Å². The van der Waals surface area contributed by atoms with Crippen molar-refractivity contribution in [3.05, 3.63) is 29.8 Å². The van der Waals surface area contributed by atoms with Gasteiger partial charge in [0.25, 0.3) is 0 Å². The van der Waals surface area contributed by atoms with E-state index in [9.17, 15) is 4.79 Å². The van der Waals surface area contributed by atoms with E-state index in [1.807, 2.05) is 36.1 Å². The van der Waals surface area contributed by atoms with Crippen LogP contribution in [0.25, 0.3) is 0 Å². The van der Waals surface area contributed by atoms with Gasteiger partial charge in [-0.15, -0.1) is 0 Å². The molecule has 0 saturated heterocycles. The lowest BCUT2D eigenvalue weighted by molar-refractivity contribution is -0.119. The highest BCUT2D eigenvalue weighted by atomic mass is 16.4. The number of fused-ring (bicyclic) bond motifs is 1. The Balaban J connectivity index is 2.14. The predicted molar refractivity (Wildman–Crippen MR) is 74.9 cm³/mol. The molecule has 1 aliphatic rings. The first-order chi connectivity index (χ1) is 9.26. The van der Waals surface area contributed by atoms with Crippen molar-refractivity contribution < 1.29 is 10.0 Å². The number of carbonyl (C=O) groups excluding carboxylic acids is 1. The van der Waals surface area contributed by atoms with Crippen LogP contribution in [0.15, 0.2) is 29.4 Å². The number of hydrogen-bond donors (Lipinski definition) is 2. The maximum Gasteiger partial charge on any atom is 0.239 e. The van der Waals surface area contributed by atoms with Gasteiger partial charge in [-0.2, -0.15) is 0 Å². The van der Waals surface area contributed by atoms with Crippen molar-refractivity contribution in [2.75, 3.05) is 24.5 Å². The van der Waals surface area contributed by atoms with E-state index < -0.39 is 0 Å². The lowest BCUT2D eigenvalue weighted by Gasteiger charge is -2.30. The number of nitrogens with zero attached hydrogens (tertiary/aromatic N) is 2. The highest BCUT2D eigenvalue weighted by molar-refractivity contribution is 6.07. The van der Waals surface area contributed by atoms with E-state index in [0.717, 1.165) is 17.7 Å². The summed E-state index contributed by atoms with van der Waals surface area (Å²) in [5, 5.41) is 15.2. The zero-order chi connectivity index (χ0) is 13.7. The van der Waals surface area contributed by atoms with E-state index in [1.165, 1.54) is 0 Å². The van der Waals surface area contributed by atoms with Crippen molar-refractivity contribution in [3.63, 3.8) is 0 Å². The molecule has 102 valence electrons. The van der Waals surface area contributed by atoms with Gasteiger partial charge in [-0.25, -0.2) is 0 Å². The summed E-state index contributed by atoms with van der Waals surface area (Å²) in [4.78, 5) is 13.8. The second-order valence-corrected chi connectivity index (χ2v) is 4.59. The number of amides is 1. The standard InChI is InChI=1S/C14H19N3O2/c1-2-8-15-14(18)10-17-9-7-12(16-19)11-5-3-4-6-13(11)17/h3-6,19H,2,7-10H2,1H3,(H,15,18). The Morgan fingerprint density at radius 3 is 3.00 bits per heavy atom. The third kappa shape index (κ3) is 3.05. The summed E-state index contributed by atoms with van der Waals surface area (Å²) in [6, 6.07) is 7.70. The maximum absolute atomic E-state index is 11.8. The van der Waals surface area contributed by atoms with Crippen LogP contribution in [-0.2, 0) is 4.79 Å². The molecule has 5 heteroatoms. The number of oxime groups is 1. The molecule has 1 aliphatic heterocycles. The Morgan fingerprint density at radius 2 is 2.26 bits per heavy atom. The van der Waals surface area contributed by atoms with Gasteiger partial charge in [0.15, 0.2) is 0 Å². The first-order valence-corrected chi connectivity index (χ1v) is 6.58.